The highest BCUT2D eigenvalue weighted by molar-refractivity contribution is 6.07. The third kappa shape index (κ3) is 2.84. The van der Waals surface area contributed by atoms with E-state index in [0.29, 0.717) is 24.8 Å². The first kappa shape index (κ1) is 16.4. The molecule has 4 nitrogen and oxygen atoms in total. The molecule has 6 heteroatoms. The monoisotopic (exact) mass is 331 g/mol. The van der Waals surface area contributed by atoms with Gasteiger partial charge in [0, 0.05) is 24.7 Å². The maximum Gasteiger partial charge on any atom is 0.280 e. The van der Waals surface area contributed by atoms with Gasteiger partial charge in [-0.3, -0.25) is 4.79 Å². The number of pyridine rings is 1. The first-order valence-electron chi connectivity index (χ1n) is 7.78. The standard InChI is InChI=1S/C18H19F2N3O/c1-18(2,3)23-9-8-22(14-6-4-5-7-15(14)23)17(24)16-13(20)10-12(19)11-21-16/h4-7,10-11H,8-9H2,1-3H3. The second kappa shape index (κ2) is 5.85. The molecule has 0 atom stereocenters. The molecule has 24 heavy (non-hydrogen) atoms. The van der Waals surface area contributed by atoms with Crippen molar-refractivity contribution in [3.63, 3.8) is 0 Å². The molecule has 0 saturated carbocycles. The molecule has 1 aliphatic rings. The Hall–Kier alpha value is -2.50. The van der Waals surface area contributed by atoms with E-state index < -0.39 is 17.5 Å². The van der Waals surface area contributed by atoms with E-state index in [1.807, 2.05) is 24.3 Å². The number of anilines is 2. The second-order valence-corrected chi connectivity index (χ2v) is 6.75. The minimum atomic E-state index is -0.948. The Morgan fingerprint density at radius 2 is 1.79 bits per heavy atom. The number of carbonyl (C=O) groups excluding carboxylic acids is 1. The average molecular weight is 331 g/mol. The zero-order valence-electron chi connectivity index (χ0n) is 13.9. The van der Waals surface area contributed by atoms with Gasteiger partial charge >= 0.3 is 0 Å². The molecular weight excluding hydrogens is 312 g/mol. The van der Waals surface area contributed by atoms with E-state index >= 15 is 0 Å². The largest absolute Gasteiger partial charge is 0.363 e. The van der Waals surface area contributed by atoms with Gasteiger partial charge < -0.3 is 9.80 Å². The summed E-state index contributed by atoms with van der Waals surface area (Å²) in [6.07, 6.45) is 0.855. The van der Waals surface area contributed by atoms with Gasteiger partial charge in [-0.15, -0.1) is 0 Å². The Morgan fingerprint density at radius 3 is 2.42 bits per heavy atom. The number of benzene rings is 1. The summed E-state index contributed by atoms with van der Waals surface area (Å²) in [5, 5.41) is 0. The Balaban J connectivity index is 2.02. The lowest BCUT2D eigenvalue weighted by molar-refractivity contribution is 0.0976. The number of rotatable bonds is 1. The van der Waals surface area contributed by atoms with Crippen molar-refractivity contribution in [3.8, 4) is 0 Å². The summed E-state index contributed by atoms with van der Waals surface area (Å²) < 4.78 is 27.0. The van der Waals surface area contributed by atoms with Crippen LogP contribution in [0.4, 0.5) is 20.2 Å². The van der Waals surface area contributed by atoms with E-state index in [1.54, 1.807) is 0 Å². The fourth-order valence-electron chi connectivity index (χ4n) is 2.97. The lowest BCUT2D eigenvalue weighted by Gasteiger charge is -2.44. The minimum absolute atomic E-state index is 0.107. The van der Waals surface area contributed by atoms with Crippen LogP contribution in [-0.4, -0.2) is 29.5 Å². The Kier molecular flexibility index (Phi) is 3.99. The van der Waals surface area contributed by atoms with Crippen molar-refractivity contribution >= 4 is 17.3 Å². The third-order valence-corrected chi connectivity index (χ3v) is 4.08. The number of halogens is 2. The molecule has 0 N–H and O–H groups in total. The van der Waals surface area contributed by atoms with Crippen LogP contribution in [0.5, 0.6) is 0 Å². The number of hydrogen-bond acceptors (Lipinski definition) is 3. The van der Waals surface area contributed by atoms with Crippen LogP contribution in [0.2, 0.25) is 0 Å². The molecule has 1 aromatic carbocycles. The quantitative estimate of drug-likeness (QED) is 0.801. The lowest BCUT2D eigenvalue weighted by atomic mass is 10.0. The second-order valence-electron chi connectivity index (χ2n) is 6.75. The van der Waals surface area contributed by atoms with Crippen molar-refractivity contribution in [2.45, 2.75) is 26.3 Å². The first-order chi connectivity index (χ1) is 11.3. The smallest absolute Gasteiger partial charge is 0.280 e. The van der Waals surface area contributed by atoms with Crippen molar-refractivity contribution in [3.05, 3.63) is 53.9 Å². The van der Waals surface area contributed by atoms with E-state index in [1.165, 1.54) is 4.90 Å². The summed E-state index contributed by atoms with van der Waals surface area (Å²) in [7, 11) is 0. The molecule has 0 fully saturated rings. The molecule has 2 aromatic rings. The van der Waals surface area contributed by atoms with Gasteiger partial charge in [0.05, 0.1) is 17.6 Å². The fourth-order valence-corrected chi connectivity index (χ4v) is 2.97. The van der Waals surface area contributed by atoms with Crippen molar-refractivity contribution in [1.82, 2.24) is 4.98 Å². The molecular formula is C18H19F2N3O. The van der Waals surface area contributed by atoms with Gasteiger partial charge in [0.1, 0.15) is 5.82 Å². The number of carbonyl (C=O) groups is 1. The Labute approximate surface area is 139 Å². The summed E-state index contributed by atoms with van der Waals surface area (Å²) in [4.78, 5) is 20.1. The van der Waals surface area contributed by atoms with Gasteiger partial charge in [-0.2, -0.15) is 0 Å². The number of para-hydroxylation sites is 2. The maximum atomic E-state index is 13.9. The zero-order chi connectivity index (χ0) is 17.5. The van der Waals surface area contributed by atoms with E-state index in [0.717, 1.165) is 11.9 Å². The summed E-state index contributed by atoms with van der Waals surface area (Å²) in [6, 6.07) is 8.18. The molecule has 2 heterocycles. The van der Waals surface area contributed by atoms with Crippen molar-refractivity contribution in [2.75, 3.05) is 22.9 Å². The molecule has 126 valence electrons. The van der Waals surface area contributed by atoms with Crippen LogP contribution in [0.3, 0.4) is 0 Å². The fraction of sp³-hybridized carbons (Fsp3) is 0.333. The summed E-state index contributed by atoms with van der Waals surface area (Å²) in [5.74, 6) is -2.31. The molecule has 0 aliphatic carbocycles. The van der Waals surface area contributed by atoms with Crippen LogP contribution >= 0.6 is 0 Å². The molecule has 3 rings (SSSR count). The van der Waals surface area contributed by atoms with Crippen molar-refractivity contribution in [2.24, 2.45) is 0 Å². The van der Waals surface area contributed by atoms with Gasteiger partial charge in [-0.25, -0.2) is 13.8 Å². The topological polar surface area (TPSA) is 36.4 Å². The highest BCUT2D eigenvalue weighted by atomic mass is 19.1. The third-order valence-electron chi connectivity index (χ3n) is 4.08. The van der Waals surface area contributed by atoms with Crippen LogP contribution in [0, 0.1) is 11.6 Å². The number of amides is 1. The molecule has 0 spiro atoms. The van der Waals surface area contributed by atoms with Crippen LogP contribution < -0.4 is 9.80 Å². The van der Waals surface area contributed by atoms with Gasteiger partial charge in [-0.1, -0.05) is 12.1 Å². The van der Waals surface area contributed by atoms with Gasteiger partial charge in [0.15, 0.2) is 11.5 Å². The summed E-state index contributed by atoms with van der Waals surface area (Å²) >= 11 is 0. The van der Waals surface area contributed by atoms with Crippen LogP contribution in [-0.2, 0) is 0 Å². The van der Waals surface area contributed by atoms with Crippen LogP contribution in [0.25, 0.3) is 0 Å². The highest BCUT2D eigenvalue weighted by Gasteiger charge is 2.33. The predicted molar refractivity (Wildman–Crippen MR) is 89.4 cm³/mol. The number of hydrogen-bond donors (Lipinski definition) is 0. The number of nitrogens with zero attached hydrogens (tertiary/aromatic N) is 3. The van der Waals surface area contributed by atoms with E-state index in [4.69, 9.17) is 0 Å². The summed E-state index contributed by atoms with van der Waals surface area (Å²) in [5.41, 5.74) is 1.14. The normalized spacial score (nSPS) is 14.5. The van der Waals surface area contributed by atoms with Crippen molar-refractivity contribution in [1.29, 1.82) is 0 Å². The van der Waals surface area contributed by atoms with Gasteiger partial charge in [0.2, 0.25) is 0 Å². The minimum Gasteiger partial charge on any atom is -0.363 e. The molecule has 0 unspecified atom stereocenters. The highest BCUT2D eigenvalue weighted by Crippen LogP contribution is 2.37. The molecule has 1 amide bonds. The molecule has 1 aromatic heterocycles. The summed E-state index contributed by atoms with van der Waals surface area (Å²) in [6.45, 7) is 7.33. The van der Waals surface area contributed by atoms with E-state index in [2.05, 4.69) is 30.7 Å². The maximum absolute atomic E-state index is 13.9. The van der Waals surface area contributed by atoms with Crippen LogP contribution in [0.1, 0.15) is 31.3 Å². The first-order valence-corrected chi connectivity index (χ1v) is 7.78. The molecule has 1 aliphatic heterocycles. The number of aromatic nitrogens is 1. The van der Waals surface area contributed by atoms with E-state index in [-0.39, 0.29) is 11.2 Å². The van der Waals surface area contributed by atoms with Gasteiger partial charge in [0.25, 0.3) is 5.91 Å². The lowest BCUT2D eigenvalue weighted by Crippen LogP contribution is -2.51. The Bertz CT molecular complexity index is 786. The molecule has 0 saturated heterocycles. The zero-order valence-corrected chi connectivity index (χ0v) is 13.9. The molecule has 0 radical (unpaired) electrons. The van der Waals surface area contributed by atoms with E-state index in [9.17, 15) is 13.6 Å². The number of fused-ring (bicyclic) bond motifs is 1. The van der Waals surface area contributed by atoms with Gasteiger partial charge in [-0.05, 0) is 32.9 Å². The van der Waals surface area contributed by atoms with Crippen molar-refractivity contribution < 1.29 is 13.6 Å². The van der Waals surface area contributed by atoms with Crippen LogP contribution in [0.15, 0.2) is 36.5 Å². The SMILES string of the molecule is CC(C)(C)N1CCN(C(=O)c2ncc(F)cc2F)c2ccccc21. The predicted octanol–water partition coefficient (Wildman–Crippen LogP) is 3.63. The average Bonchev–Trinajstić information content (AvgIpc) is 2.52. The Morgan fingerprint density at radius 1 is 1.12 bits per heavy atom. The molecule has 0 bridgehead atoms.